The van der Waals surface area contributed by atoms with E-state index in [9.17, 15) is 0 Å². The van der Waals surface area contributed by atoms with E-state index in [2.05, 4.69) is 4.98 Å². The van der Waals surface area contributed by atoms with Crippen molar-refractivity contribution >= 4 is 11.6 Å². The number of methoxy groups -OCH3 is 1. The van der Waals surface area contributed by atoms with Crippen molar-refractivity contribution in [1.29, 1.82) is 0 Å². The van der Waals surface area contributed by atoms with Crippen molar-refractivity contribution in [3.8, 4) is 11.6 Å². The standard InChI is InChI=1S/C14H14ClNO3/c1-18-11-4-2-3-10(7-11)9-19-14-6-5-12(15)13(8-17)16-14/h2-7,17H,8-9H2,1H3. The lowest BCUT2D eigenvalue weighted by Gasteiger charge is -2.08. The monoisotopic (exact) mass is 279 g/mol. The first-order chi connectivity index (χ1) is 9.22. The molecule has 0 fully saturated rings. The van der Waals surface area contributed by atoms with Crippen molar-refractivity contribution in [1.82, 2.24) is 4.98 Å². The number of hydrogen-bond acceptors (Lipinski definition) is 4. The van der Waals surface area contributed by atoms with Gasteiger partial charge in [0.05, 0.1) is 24.4 Å². The number of hydrogen-bond donors (Lipinski definition) is 1. The van der Waals surface area contributed by atoms with Gasteiger partial charge in [0.2, 0.25) is 5.88 Å². The normalized spacial score (nSPS) is 10.3. The van der Waals surface area contributed by atoms with E-state index in [0.29, 0.717) is 23.2 Å². The summed E-state index contributed by atoms with van der Waals surface area (Å²) in [6.07, 6.45) is 0. The lowest BCUT2D eigenvalue weighted by Crippen LogP contribution is -2.00. The first-order valence-corrected chi connectivity index (χ1v) is 6.12. The summed E-state index contributed by atoms with van der Waals surface area (Å²) >= 11 is 5.86. The molecule has 0 radical (unpaired) electrons. The molecule has 5 heteroatoms. The molecule has 0 aliphatic carbocycles. The molecule has 1 aromatic carbocycles. The summed E-state index contributed by atoms with van der Waals surface area (Å²) in [6.45, 7) is 0.159. The lowest BCUT2D eigenvalue weighted by atomic mass is 10.2. The number of pyridine rings is 1. The fourth-order valence-electron chi connectivity index (χ4n) is 1.58. The van der Waals surface area contributed by atoms with Crippen LogP contribution in [0.25, 0.3) is 0 Å². The number of benzene rings is 1. The van der Waals surface area contributed by atoms with Gasteiger partial charge in [-0.15, -0.1) is 0 Å². The highest BCUT2D eigenvalue weighted by Crippen LogP contribution is 2.19. The molecule has 1 aromatic heterocycles. The number of aliphatic hydroxyl groups excluding tert-OH is 1. The summed E-state index contributed by atoms with van der Waals surface area (Å²) in [5.41, 5.74) is 1.38. The molecule has 0 atom stereocenters. The summed E-state index contributed by atoms with van der Waals surface area (Å²) in [7, 11) is 1.62. The van der Waals surface area contributed by atoms with Crippen LogP contribution in [0.1, 0.15) is 11.3 Å². The zero-order valence-electron chi connectivity index (χ0n) is 10.5. The van der Waals surface area contributed by atoms with E-state index in [-0.39, 0.29) is 6.61 Å². The molecular formula is C14H14ClNO3. The molecule has 0 saturated heterocycles. The second-order valence-electron chi connectivity index (χ2n) is 3.88. The summed E-state index contributed by atoms with van der Waals surface area (Å²) in [6, 6.07) is 10.9. The molecule has 0 aliphatic heterocycles. The Morgan fingerprint density at radius 3 is 2.84 bits per heavy atom. The van der Waals surface area contributed by atoms with Crippen LogP contribution >= 0.6 is 11.6 Å². The summed E-state index contributed by atoms with van der Waals surface area (Å²) in [5, 5.41) is 9.50. The number of ether oxygens (including phenoxy) is 2. The maximum Gasteiger partial charge on any atom is 0.213 e. The Bertz CT molecular complexity index is 560. The van der Waals surface area contributed by atoms with Crippen molar-refractivity contribution in [3.05, 3.63) is 52.7 Å². The number of halogens is 1. The molecule has 0 saturated carbocycles. The predicted octanol–water partition coefficient (Wildman–Crippen LogP) is 2.81. The minimum absolute atomic E-state index is 0.213. The highest BCUT2D eigenvalue weighted by atomic mass is 35.5. The van der Waals surface area contributed by atoms with Crippen molar-refractivity contribution in [2.45, 2.75) is 13.2 Å². The van der Waals surface area contributed by atoms with Crippen molar-refractivity contribution in [2.75, 3.05) is 7.11 Å². The van der Waals surface area contributed by atoms with Gasteiger partial charge in [-0.05, 0) is 23.8 Å². The molecule has 2 rings (SSSR count). The van der Waals surface area contributed by atoms with Gasteiger partial charge in [-0.3, -0.25) is 0 Å². The van der Waals surface area contributed by atoms with E-state index in [1.54, 1.807) is 19.2 Å². The molecule has 1 heterocycles. The minimum Gasteiger partial charge on any atom is -0.497 e. The summed E-state index contributed by atoms with van der Waals surface area (Å²) < 4.78 is 10.7. The highest BCUT2D eigenvalue weighted by molar-refractivity contribution is 6.31. The molecule has 100 valence electrons. The van der Waals surface area contributed by atoms with Gasteiger partial charge in [0.25, 0.3) is 0 Å². The molecule has 0 spiro atoms. The minimum atomic E-state index is -0.213. The van der Waals surface area contributed by atoms with Crippen molar-refractivity contribution in [2.24, 2.45) is 0 Å². The van der Waals surface area contributed by atoms with Crippen molar-refractivity contribution < 1.29 is 14.6 Å². The molecule has 0 aliphatic rings. The third-order valence-corrected chi connectivity index (χ3v) is 2.91. The Morgan fingerprint density at radius 1 is 1.26 bits per heavy atom. The summed E-state index contributed by atoms with van der Waals surface area (Å²) in [5.74, 6) is 1.21. The number of nitrogens with zero attached hydrogens (tertiary/aromatic N) is 1. The molecular weight excluding hydrogens is 266 g/mol. The molecule has 19 heavy (non-hydrogen) atoms. The fraction of sp³-hybridized carbons (Fsp3) is 0.214. The highest BCUT2D eigenvalue weighted by Gasteiger charge is 2.04. The zero-order valence-corrected chi connectivity index (χ0v) is 11.2. The maximum absolute atomic E-state index is 9.08. The van der Waals surface area contributed by atoms with Crippen LogP contribution in [-0.4, -0.2) is 17.2 Å². The van der Waals surface area contributed by atoms with E-state index in [4.69, 9.17) is 26.2 Å². The van der Waals surface area contributed by atoms with E-state index in [1.807, 2.05) is 24.3 Å². The summed E-state index contributed by atoms with van der Waals surface area (Å²) in [4.78, 5) is 4.11. The van der Waals surface area contributed by atoms with Gasteiger partial charge in [-0.2, -0.15) is 0 Å². The average Bonchev–Trinajstić information content (AvgIpc) is 2.46. The SMILES string of the molecule is COc1cccc(COc2ccc(Cl)c(CO)n2)c1. The first-order valence-electron chi connectivity index (χ1n) is 5.75. The van der Waals surface area contributed by atoms with Gasteiger partial charge < -0.3 is 14.6 Å². The Morgan fingerprint density at radius 2 is 2.11 bits per heavy atom. The van der Waals surface area contributed by atoms with Gasteiger partial charge >= 0.3 is 0 Å². The lowest BCUT2D eigenvalue weighted by molar-refractivity contribution is 0.266. The molecule has 0 amide bonds. The second kappa shape index (κ2) is 6.41. The van der Waals surface area contributed by atoms with Crippen LogP contribution in [-0.2, 0) is 13.2 Å². The third kappa shape index (κ3) is 3.59. The molecule has 4 nitrogen and oxygen atoms in total. The first kappa shape index (κ1) is 13.6. The van der Waals surface area contributed by atoms with Crippen LogP contribution < -0.4 is 9.47 Å². The third-order valence-electron chi connectivity index (χ3n) is 2.56. The van der Waals surface area contributed by atoms with E-state index < -0.39 is 0 Å². The second-order valence-corrected chi connectivity index (χ2v) is 4.28. The van der Waals surface area contributed by atoms with Crippen LogP contribution in [0.15, 0.2) is 36.4 Å². The van der Waals surface area contributed by atoms with Crippen LogP contribution in [0.2, 0.25) is 5.02 Å². The van der Waals surface area contributed by atoms with E-state index in [0.717, 1.165) is 11.3 Å². The molecule has 2 aromatic rings. The quantitative estimate of drug-likeness (QED) is 0.914. The van der Waals surface area contributed by atoms with Crippen LogP contribution in [0.3, 0.4) is 0 Å². The Kier molecular flexibility index (Phi) is 4.60. The van der Waals surface area contributed by atoms with Gasteiger partial charge in [-0.25, -0.2) is 4.98 Å². The van der Waals surface area contributed by atoms with Crippen LogP contribution in [0, 0.1) is 0 Å². The topological polar surface area (TPSA) is 51.6 Å². The van der Waals surface area contributed by atoms with Crippen LogP contribution in [0.5, 0.6) is 11.6 Å². The maximum atomic E-state index is 9.08. The van der Waals surface area contributed by atoms with Gasteiger partial charge in [0.15, 0.2) is 0 Å². The Hall–Kier alpha value is -1.78. The zero-order chi connectivity index (χ0) is 13.7. The van der Waals surface area contributed by atoms with Gasteiger partial charge in [-0.1, -0.05) is 23.7 Å². The average molecular weight is 280 g/mol. The number of rotatable bonds is 5. The van der Waals surface area contributed by atoms with E-state index in [1.165, 1.54) is 0 Å². The Labute approximate surface area is 116 Å². The van der Waals surface area contributed by atoms with E-state index >= 15 is 0 Å². The van der Waals surface area contributed by atoms with Gasteiger partial charge in [0.1, 0.15) is 12.4 Å². The van der Waals surface area contributed by atoms with Gasteiger partial charge in [0, 0.05) is 6.07 Å². The Balaban J connectivity index is 2.05. The molecule has 1 N–H and O–H groups in total. The fourth-order valence-corrected chi connectivity index (χ4v) is 1.74. The predicted molar refractivity (Wildman–Crippen MR) is 72.5 cm³/mol. The molecule has 0 bridgehead atoms. The smallest absolute Gasteiger partial charge is 0.213 e. The number of aromatic nitrogens is 1. The molecule has 0 unspecified atom stereocenters. The van der Waals surface area contributed by atoms with Crippen LogP contribution in [0.4, 0.5) is 0 Å². The number of aliphatic hydroxyl groups is 1. The van der Waals surface area contributed by atoms with Crippen molar-refractivity contribution in [3.63, 3.8) is 0 Å². The largest absolute Gasteiger partial charge is 0.497 e.